The first kappa shape index (κ1) is 22.0. The van der Waals surface area contributed by atoms with E-state index in [1.807, 2.05) is 24.3 Å². The number of nitrogens with one attached hydrogen (secondary N) is 1. The van der Waals surface area contributed by atoms with Gasteiger partial charge < -0.3 is 15.1 Å². The van der Waals surface area contributed by atoms with E-state index < -0.39 is 0 Å². The molecule has 0 aromatic heterocycles. The minimum atomic E-state index is -0.330. The van der Waals surface area contributed by atoms with Crippen LogP contribution in [0.4, 0.5) is 17.1 Å². The summed E-state index contributed by atoms with van der Waals surface area (Å²) in [5.41, 5.74) is 4.15. The Kier molecular flexibility index (Phi) is 6.63. The lowest BCUT2D eigenvalue weighted by atomic mass is 10.1. The molecule has 2 aromatic carbocycles. The summed E-state index contributed by atoms with van der Waals surface area (Å²) in [5.74, 6) is -0.395. The first-order valence-electron chi connectivity index (χ1n) is 12.4. The number of benzene rings is 2. The van der Waals surface area contributed by atoms with E-state index in [2.05, 4.69) is 39.4 Å². The SMILES string of the molecule is O=C(Nc1ccc(CN2CCCCC2)cc1)C1CC(=O)N(c2ccc(N3CCCC3)cc2)C1. The zero-order valence-corrected chi connectivity index (χ0v) is 19.3. The molecule has 0 spiro atoms. The number of hydrogen-bond acceptors (Lipinski definition) is 4. The van der Waals surface area contributed by atoms with Gasteiger partial charge in [-0.3, -0.25) is 14.5 Å². The molecule has 0 bridgehead atoms. The molecule has 3 heterocycles. The van der Waals surface area contributed by atoms with Crippen molar-refractivity contribution in [3.05, 3.63) is 54.1 Å². The summed E-state index contributed by atoms with van der Waals surface area (Å²) in [6.45, 7) is 5.95. The minimum absolute atomic E-state index is 0.0148. The largest absolute Gasteiger partial charge is 0.372 e. The molecule has 3 fully saturated rings. The van der Waals surface area contributed by atoms with Crippen molar-refractivity contribution < 1.29 is 9.59 Å². The lowest BCUT2D eigenvalue weighted by Crippen LogP contribution is -2.29. The number of hydrogen-bond donors (Lipinski definition) is 1. The van der Waals surface area contributed by atoms with Crippen molar-refractivity contribution in [1.29, 1.82) is 0 Å². The summed E-state index contributed by atoms with van der Waals surface area (Å²) in [5, 5.41) is 3.02. The molecule has 6 heteroatoms. The zero-order valence-electron chi connectivity index (χ0n) is 19.3. The molecule has 5 rings (SSSR count). The molecular weight excluding hydrogens is 412 g/mol. The molecule has 0 radical (unpaired) electrons. The summed E-state index contributed by atoms with van der Waals surface area (Å²) >= 11 is 0. The molecule has 0 saturated carbocycles. The lowest BCUT2D eigenvalue weighted by Gasteiger charge is -2.26. The van der Waals surface area contributed by atoms with Gasteiger partial charge in [0.1, 0.15) is 0 Å². The van der Waals surface area contributed by atoms with Gasteiger partial charge in [0.2, 0.25) is 11.8 Å². The van der Waals surface area contributed by atoms with E-state index in [0.29, 0.717) is 6.54 Å². The van der Waals surface area contributed by atoms with Crippen LogP contribution < -0.4 is 15.1 Å². The van der Waals surface area contributed by atoms with Crippen molar-refractivity contribution in [2.24, 2.45) is 5.92 Å². The van der Waals surface area contributed by atoms with Crippen molar-refractivity contribution in [3.63, 3.8) is 0 Å². The molecule has 3 saturated heterocycles. The minimum Gasteiger partial charge on any atom is -0.372 e. The van der Waals surface area contributed by atoms with Gasteiger partial charge in [-0.25, -0.2) is 0 Å². The van der Waals surface area contributed by atoms with Crippen LogP contribution in [-0.2, 0) is 16.1 Å². The molecule has 1 unspecified atom stereocenters. The fraction of sp³-hybridized carbons (Fsp3) is 0.481. The van der Waals surface area contributed by atoms with Crippen LogP contribution in [0.3, 0.4) is 0 Å². The molecule has 3 aliphatic rings. The molecule has 0 aliphatic carbocycles. The Bertz CT molecular complexity index is 961. The maximum atomic E-state index is 12.9. The van der Waals surface area contributed by atoms with E-state index >= 15 is 0 Å². The van der Waals surface area contributed by atoms with Gasteiger partial charge in [-0.2, -0.15) is 0 Å². The van der Waals surface area contributed by atoms with E-state index in [1.54, 1.807) is 4.90 Å². The maximum Gasteiger partial charge on any atom is 0.229 e. The van der Waals surface area contributed by atoms with Gasteiger partial charge in [-0.05, 0) is 80.7 Å². The van der Waals surface area contributed by atoms with Crippen LogP contribution in [0, 0.1) is 5.92 Å². The quantitative estimate of drug-likeness (QED) is 0.720. The Morgan fingerprint density at radius 2 is 1.45 bits per heavy atom. The number of nitrogens with zero attached hydrogens (tertiary/aromatic N) is 3. The number of amides is 2. The third-order valence-electron chi connectivity index (χ3n) is 7.20. The number of anilines is 3. The van der Waals surface area contributed by atoms with Crippen LogP contribution in [0.1, 0.15) is 44.1 Å². The highest BCUT2D eigenvalue weighted by Gasteiger charge is 2.35. The summed E-state index contributed by atoms with van der Waals surface area (Å²) in [7, 11) is 0. The molecular formula is C27H34N4O2. The van der Waals surface area contributed by atoms with Crippen molar-refractivity contribution in [1.82, 2.24) is 4.90 Å². The molecule has 1 atom stereocenters. The Hall–Kier alpha value is -2.86. The summed E-state index contributed by atoms with van der Waals surface area (Å²) in [6.07, 6.45) is 6.65. The molecule has 6 nitrogen and oxygen atoms in total. The highest BCUT2D eigenvalue weighted by atomic mass is 16.2. The first-order chi connectivity index (χ1) is 16.2. The molecule has 1 N–H and O–H groups in total. The maximum absolute atomic E-state index is 12.9. The van der Waals surface area contributed by atoms with E-state index in [4.69, 9.17) is 0 Å². The van der Waals surface area contributed by atoms with E-state index in [1.165, 1.54) is 56.4 Å². The average Bonchev–Trinajstić information content (AvgIpc) is 3.51. The lowest BCUT2D eigenvalue weighted by molar-refractivity contribution is -0.122. The summed E-state index contributed by atoms with van der Waals surface area (Å²) in [4.78, 5) is 32.1. The van der Waals surface area contributed by atoms with Crippen molar-refractivity contribution in [3.8, 4) is 0 Å². The monoisotopic (exact) mass is 446 g/mol. The first-order valence-corrected chi connectivity index (χ1v) is 12.4. The fourth-order valence-electron chi connectivity index (χ4n) is 5.26. The summed E-state index contributed by atoms with van der Waals surface area (Å²) < 4.78 is 0. The van der Waals surface area contributed by atoms with Gasteiger partial charge in [0.05, 0.1) is 5.92 Å². The van der Waals surface area contributed by atoms with Crippen LogP contribution in [0.25, 0.3) is 0 Å². The van der Waals surface area contributed by atoms with Gasteiger partial charge in [-0.1, -0.05) is 18.6 Å². The second kappa shape index (κ2) is 9.96. The van der Waals surface area contributed by atoms with E-state index in [0.717, 1.165) is 31.0 Å². The predicted molar refractivity (Wildman–Crippen MR) is 133 cm³/mol. The van der Waals surface area contributed by atoms with Crippen molar-refractivity contribution in [2.45, 2.75) is 45.1 Å². The topological polar surface area (TPSA) is 55.9 Å². The van der Waals surface area contributed by atoms with Gasteiger partial charge in [0, 0.05) is 49.7 Å². The Morgan fingerprint density at radius 3 is 2.15 bits per heavy atom. The molecule has 33 heavy (non-hydrogen) atoms. The second-order valence-corrected chi connectivity index (χ2v) is 9.64. The number of carbonyl (C=O) groups is 2. The second-order valence-electron chi connectivity index (χ2n) is 9.64. The van der Waals surface area contributed by atoms with E-state index in [-0.39, 0.29) is 24.2 Å². The number of carbonyl (C=O) groups excluding carboxylic acids is 2. The van der Waals surface area contributed by atoms with Gasteiger partial charge in [-0.15, -0.1) is 0 Å². The highest BCUT2D eigenvalue weighted by Crippen LogP contribution is 2.29. The smallest absolute Gasteiger partial charge is 0.229 e. The Balaban J connectivity index is 1.15. The fourth-order valence-corrected chi connectivity index (χ4v) is 5.26. The Morgan fingerprint density at radius 1 is 0.818 bits per heavy atom. The Labute approximate surface area is 196 Å². The molecule has 2 amide bonds. The van der Waals surface area contributed by atoms with Crippen LogP contribution >= 0.6 is 0 Å². The highest BCUT2D eigenvalue weighted by molar-refractivity contribution is 6.03. The number of rotatable bonds is 6. The third-order valence-corrected chi connectivity index (χ3v) is 7.20. The molecule has 174 valence electrons. The van der Waals surface area contributed by atoms with Crippen LogP contribution in [0.5, 0.6) is 0 Å². The predicted octanol–water partition coefficient (Wildman–Crippen LogP) is 4.26. The van der Waals surface area contributed by atoms with Crippen LogP contribution in [0.2, 0.25) is 0 Å². The number of piperidine rings is 1. The normalized spacial score (nSPS) is 21.6. The van der Waals surface area contributed by atoms with Crippen LogP contribution in [-0.4, -0.2) is 49.4 Å². The van der Waals surface area contributed by atoms with Crippen molar-refractivity contribution in [2.75, 3.05) is 47.8 Å². The van der Waals surface area contributed by atoms with Crippen LogP contribution in [0.15, 0.2) is 48.5 Å². The van der Waals surface area contributed by atoms with E-state index in [9.17, 15) is 9.59 Å². The zero-order chi connectivity index (χ0) is 22.6. The average molecular weight is 447 g/mol. The van der Waals surface area contributed by atoms with Gasteiger partial charge >= 0.3 is 0 Å². The van der Waals surface area contributed by atoms with Gasteiger partial charge in [0.25, 0.3) is 0 Å². The summed E-state index contributed by atoms with van der Waals surface area (Å²) in [6, 6.07) is 16.3. The number of likely N-dealkylation sites (tertiary alicyclic amines) is 1. The molecule has 2 aromatic rings. The third kappa shape index (κ3) is 5.22. The van der Waals surface area contributed by atoms with Crippen molar-refractivity contribution >= 4 is 28.9 Å². The van der Waals surface area contributed by atoms with Gasteiger partial charge in [0.15, 0.2) is 0 Å². The standard InChI is InChI=1S/C27H34N4O2/c32-26-18-22(20-31(26)25-12-10-24(11-13-25)30-16-4-5-17-30)27(33)28-23-8-6-21(7-9-23)19-29-14-2-1-3-15-29/h6-13,22H,1-5,14-20H2,(H,28,33). The molecule has 3 aliphatic heterocycles.